The second-order valence-corrected chi connectivity index (χ2v) is 19.4. The van der Waals surface area contributed by atoms with Crippen LogP contribution in [0.3, 0.4) is 0 Å². The average molecular weight is 1110 g/mol. The van der Waals surface area contributed by atoms with E-state index < -0.39 is 24.0 Å². The lowest BCUT2D eigenvalue weighted by molar-refractivity contribution is -0.128. The minimum atomic E-state index is -0.558. The molecule has 2 aromatic carbocycles. The van der Waals surface area contributed by atoms with Gasteiger partial charge in [-0.3, -0.25) is 40.0 Å². The molecule has 2 aliphatic carbocycles. The Morgan fingerprint density at radius 3 is 1.72 bits per heavy atom. The Labute approximate surface area is 456 Å². The molecule has 0 radical (unpaired) electrons. The predicted octanol–water partition coefficient (Wildman–Crippen LogP) is 6.40. The van der Waals surface area contributed by atoms with Crippen molar-refractivity contribution >= 4 is 93.2 Å². The van der Waals surface area contributed by atoms with E-state index in [9.17, 15) is 28.0 Å². The van der Waals surface area contributed by atoms with Crippen molar-refractivity contribution in [1.29, 1.82) is 0 Å². The zero-order chi connectivity index (χ0) is 54.0. The van der Waals surface area contributed by atoms with Gasteiger partial charge in [-0.15, -0.1) is 0 Å². The maximum atomic E-state index is 14.2. The van der Waals surface area contributed by atoms with Gasteiger partial charge < -0.3 is 31.2 Å². The first kappa shape index (κ1) is 54.7. The molecule has 392 valence electrons. The highest BCUT2D eigenvalue weighted by atomic mass is 35.5. The van der Waals surface area contributed by atoms with Gasteiger partial charge in [-0.05, 0) is 134 Å². The summed E-state index contributed by atoms with van der Waals surface area (Å²) in [5.74, 6) is 4.11. The molecule has 18 nitrogen and oxygen atoms in total. The third-order valence-electron chi connectivity index (χ3n) is 13.1. The van der Waals surface area contributed by atoms with Crippen LogP contribution in [0.1, 0.15) is 90.4 Å². The van der Waals surface area contributed by atoms with E-state index in [1.54, 1.807) is 42.4 Å². The van der Waals surface area contributed by atoms with Gasteiger partial charge >= 0.3 is 0 Å². The highest BCUT2D eigenvalue weighted by Gasteiger charge is 2.32. The number of thiocarbonyl (C=S) groups is 2. The number of aryl methyl sites for hydroxylation is 4. The lowest BCUT2D eigenvalue weighted by Crippen LogP contribution is -2.41. The lowest BCUT2D eigenvalue weighted by Gasteiger charge is -2.23. The van der Waals surface area contributed by atoms with Crippen molar-refractivity contribution in [3.05, 3.63) is 175 Å². The first-order valence-corrected chi connectivity index (χ1v) is 25.4. The number of nitrogens with two attached hydrogens (primary N) is 1. The van der Waals surface area contributed by atoms with Crippen molar-refractivity contribution < 1.29 is 28.0 Å². The van der Waals surface area contributed by atoms with Gasteiger partial charge in [0, 0.05) is 74.5 Å². The molecule has 4 aromatic heterocycles. The first-order valence-electron chi connectivity index (χ1n) is 23.9. The number of fused-ring (bicyclic) bond motifs is 4. The Bertz CT molecular complexity index is 3260. The number of likely N-dealkylation sites (N-methyl/N-ethyl adjacent to an activating group) is 2. The summed E-state index contributed by atoms with van der Waals surface area (Å²) in [7, 11) is 3.40. The zero-order valence-corrected chi connectivity index (χ0v) is 44.0. The van der Waals surface area contributed by atoms with E-state index in [4.69, 9.17) is 53.5 Å². The van der Waals surface area contributed by atoms with Crippen molar-refractivity contribution in [1.82, 2.24) is 51.1 Å². The van der Waals surface area contributed by atoms with E-state index in [2.05, 4.69) is 62.3 Å². The van der Waals surface area contributed by atoms with E-state index in [1.165, 1.54) is 48.8 Å². The topological polar surface area (TPSA) is 237 Å². The van der Waals surface area contributed by atoms with Crippen molar-refractivity contribution in [2.75, 3.05) is 38.0 Å². The molecule has 2 saturated heterocycles. The lowest BCUT2D eigenvalue weighted by atomic mass is 9.96. The third-order valence-corrected chi connectivity index (χ3v) is 14.0. The van der Waals surface area contributed by atoms with E-state index in [0.29, 0.717) is 25.9 Å². The number of isothiocyanates is 1. The monoisotopic (exact) mass is 1110 g/mol. The molecule has 10 rings (SSSR count). The number of hydrogen-bond acceptors (Lipinski definition) is 14. The number of pyridine rings is 4. The fourth-order valence-electron chi connectivity index (χ4n) is 9.13. The van der Waals surface area contributed by atoms with Gasteiger partial charge in [-0.25, -0.2) is 29.6 Å². The second-order valence-electron chi connectivity index (χ2n) is 17.9. The molecule has 2 fully saturated rings. The summed E-state index contributed by atoms with van der Waals surface area (Å²) in [6.45, 7) is 1.23. The molecule has 4 amide bonds. The molecule has 4 unspecified atom stereocenters. The quantitative estimate of drug-likeness (QED) is 0.0359. The number of aromatic nitrogens is 4. The molecule has 6 heterocycles. The summed E-state index contributed by atoms with van der Waals surface area (Å²) >= 11 is 22.5. The normalized spacial score (nSPS) is 17.9. The van der Waals surface area contributed by atoms with Crippen LogP contribution in [0, 0.1) is 11.6 Å². The van der Waals surface area contributed by atoms with Crippen LogP contribution in [-0.2, 0) is 35.3 Å². The molecular weight excluding hydrogens is 1060 g/mol. The van der Waals surface area contributed by atoms with E-state index in [0.717, 1.165) is 70.5 Å². The zero-order valence-electron chi connectivity index (χ0n) is 40.9. The summed E-state index contributed by atoms with van der Waals surface area (Å²) < 4.78 is 27.7. The Kier molecular flexibility index (Phi) is 17.9. The number of amides is 4. The van der Waals surface area contributed by atoms with Gasteiger partial charge in [-0.1, -0.05) is 47.5 Å². The van der Waals surface area contributed by atoms with Gasteiger partial charge in [0.1, 0.15) is 29.8 Å². The van der Waals surface area contributed by atoms with Crippen LogP contribution >= 0.6 is 47.6 Å². The summed E-state index contributed by atoms with van der Waals surface area (Å²) in [5, 5.41) is 11.7. The summed E-state index contributed by atoms with van der Waals surface area (Å²) in [6.07, 6.45) is 10.5. The highest BCUT2D eigenvalue weighted by molar-refractivity contribution is 7.80. The molecule has 0 spiro atoms. The molecule has 0 saturated carbocycles. The summed E-state index contributed by atoms with van der Waals surface area (Å²) in [6, 6.07) is 18.4. The predicted molar refractivity (Wildman–Crippen MR) is 291 cm³/mol. The van der Waals surface area contributed by atoms with Crippen LogP contribution in [0.15, 0.2) is 103 Å². The maximum absolute atomic E-state index is 14.2. The smallest absolute Gasteiger partial charge is 0.253 e. The number of anilines is 2. The minimum absolute atomic E-state index is 0.0901. The Morgan fingerprint density at radius 1 is 0.697 bits per heavy atom. The number of carbonyl (C=O) groups excluding carboxylic acids is 4. The number of nitrogen functional groups attached to an aromatic ring is 1. The van der Waals surface area contributed by atoms with Gasteiger partial charge in [0.15, 0.2) is 16.7 Å². The Balaban J connectivity index is 0.000000168. The van der Waals surface area contributed by atoms with Gasteiger partial charge in [0.05, 0.1) is 32.4 Å². The minimum Gasteiger partial charge on any atom is -0.350 e. The molecule has 24 heteroatoms. The number of benzene rings is 2. The standard InChI is InChI=1S/C26H25ClFN7O2S.C15H11FN2S.C11H14ClN5O2/c1-35-10-8-21(25(35)37)31-24(36)15-11-19(27)23(30-13-15)33-34-26(38)32-22-17-3-2-9-29-20(17)7-5-14-4-6-16(28)12-18(14)22;16-11-5-3-10-4-6-14-12(2-1-7-17-14)15(18-9-19)13(10)8-11;1-17-3-2-8(11(17)19)15-10(18)6-4-7(12)9(16-13)14-5-6/h2-4,6,9,11-13,21-22H,5,7-8,10H2,1H3,(H,30,33)(H,31,36)(H2,32,34,38);1-3,5,7-8,15H,4,6H2;4-5,8H,2-3,13H2,1H3,(H,14,16)(H,15,18). The molecule has 4 atom stereocenters. The SMILES string of the molecule is CN1CCC(NC(=O)c2cnc(NN)c(Cl)c2)C1=O.CN1CCC(NC(=O)c2cnc(NNC(=S)NC3c4cc(F)ccc4CCc4ncccc43)c(Cl)c2)C1=O.Fc1ccc2c(c1)C(N=C=S)c1cccnc1CC2. The molecule has 2 aliphatic heterocycles. The number of aliphatic imine (C=N–C) groups is 1. The van der Waals surface area contributed by atoms with E-state index >= 15 is 0 Å². The number of hydrogen-bond donors (Lipinski definition) is 7. The number of likely N-dealkylation sites (tertiary alicyclic amines) is 2. The number of nitrogens with zero attached hydrogens (tertiary/aromatic N) is 7. The van der Waals surface area contributed by atoms with Crippen molar-refractivity contribution in [2.45, 2.75) is 62.7 Å². The first-order chi connectivity index (χ1) is 36.6. The van der Waals surface area contributed by atoms with E-state index in [-0.39, 0.29) is 73.3 Å². The van der Waals surface area contributed by atoms with Crippen LogP contribution in [0.2, 0.25) is 10.0 Å². The van der Waals surface area contributed by atoms with Gasteiger partial charge in [0.25, 0.3) is 11.8 Å². The number of hydrazine groups is 2. The Hall–Kier alpha value is -7.59. The van der Waals surface area contributed by atoms with E-state index in [1.807, 2.05) is 30.3 Å². The van der Waals surface area contributed by atoms with Crippen LogP contribution in [0.25, 0.3) is 0 Å². The van der Waals surface area contributed by atoms with Crippen LogP contribution < -0.4 is 38.1 Å². The fourth-order valence-corrected chi connectivity index (χ4v) is 9.84. The summed E-state index contributed by atoms with van der Waals surface area (Å²) in [4.78, 5) is 72.7. The van der Waals surface area contributed by atoms with Crippen molar-refractivity contribution in [2.24, 2.45) is 10.8 Å². The highest BCUT2D eigenvalue weighted by Crippen LogP contribution is 2.35. The third kappa shape index (κ3) is 12.9. The number of halogens is 4. The molecule has 6 aromatic rings. The fraction of sp³-hybridized carbons (Fsp3) is 0.269. The second kappa shape index (κ2) is 24.8. The molecule has 76 heavy (non-hydrogen) atoms. The number of carbonyl (C=O) groups is 4. The number of nitrogens with one attached hydrogen (secondary N) is 6. The molecule has 8 N–H and O–H groups in total. The molecular formula is C52H50Cl2F2N14O4S2. The van der Waals surface area contributed by atoms with Crippen LogP contribution in [0.5, 0.6) is 0 Å². The largest absolute Gasteiger partial charge is 0.350 e. The van der Waals surface area contributed by atoms with Crippen molar-refractivity contribution in [3.8, 4) is 0 Å². The van der Waals surface area contributed by atoms with Gasteiger partial charge in [-0.2, -0.15) is 0 Å². The molecule has 0 bridgehead atoms. The van der Waals surface area contributed by atoms with Crippen molar-refractivity contribution in [3.63, 3.8) is 0 Å². The summed E-state index contributed by atoms with van der Waals surface area (Å²) in [5.41, 5.74) is 16.1. The Morgan fingerprint density at radius 2 is 1.21 bits per heavy atom. The van der Waals surface area contributed by atoms with Crippen LogP contribution in [-0.4, -0.2) is 103 Å². The maximum Gasteiger partial charge on any atom is 0.253 e. The van der Waals surface area contributed by atoms with Gasteiger partial charge in [0.2, 0.25) is 11.8 Å². The van der Waals surface area contributed by atoms with Crippen LogP contribution in [0.4, 0.5) is 20.4 Å². The average Bonchev–Trinajstić information content (AvgIpc) is 3.82. The molecule has 4 aliphatic rings. The number of rotatable bonds is 9.